The number of halogens is 1. The van der Waals surface area contributed by atoms with Gasteiger partial charge in [0.1, 0.15) is 0 Å². The van der Waals surface area contributed by atoms with Gasteiger partial charge in [0.15, 0.2) is 0 Å². The van der Waals surface area contributed by atoms with Crippen LogP contribution >= 0.6 is 11.6 Å². The SMILES string of the molecule is CCN(C(=O)c1ccc(CNc2c(Cl)ccc3c2CCNCC3)cc1)c1ccncc1. The lowest BCUT2D eigenvalue weighted by Gasteiger charge is -2.21. The van der Waals surface area contributed by atoms with Crippen LogP contribution in [0, 0.1) is 0 Å². The normalized spacial score (nSPS) is 13.2. The number of carbonyl (C=O) groups is 1. The molecule has 0 fully saturated rings. The van der Waals surface area contributed by atoms with E-state index in [9.17, 15) is 4.79 Å². The van der Waals surface area contributed by atoms with Crippen molar-refractivity contribution < 1.29 is 4.79 Å². The quantitative estimate of drug-likeness (QED) is 0.590. The van der Waals surface area contributed by atoms with Crippen LogP contribution < -0.4 is 15.5 Å². The fourth-order valence-corrected chi connectivity index (χ4v) is 4.26. The van der Waals surface area contributed by atoms with Crippen molar-refractivity contribution in [3.05, 3.63) is 88.2 Å². The molecule has 0 bridgehead atoms. The fraction of sp³-hybridized carbons (Fsp3) is 0.280. The van der Waals surface area contributed by atoms with Gasteiger partial charge >= 0.3 is 0 Å². The molecule has 0 saturated heterocycles. The highest BCUT2D eigenvalue weighted by Crippen LogP contribution is 2.31. The number of pyridine rings is 1. The number of amides is 1. The summed E-state index contributed by atoms with van der Waals surface area (Å²) in [6.45, 7) is 5.18. The minimum atomic E-state index is -0.0165. The number of rotatable bonds is 6. The van der Waals surface area contributed by atoms with Crippen molar-refractivity contribution >= 4 is 28.9 Å². The number of benzene rings is 2. The highest BCUT2D eigenvalue weighted by molar-refractivity contribution is 6.33. The van der Waals surface area contributed by atoms with Gasteiger partial charge in [-0.1, -0.05) is 29.8 Å². The van der Waals surface area contributed by atoms with Crippen LogP contribution in [0.4, 0.5) is 11.4 Å². The predicted octanol–water partition coefficient (Wildman–Crippen LogP) is 4.70. The van der Waals surface area contributed by atoms with E-state index in [1.807, 2.05) is 49.4 Å². The van der Waals surface area contributed by atoms with Crippen molar-refractivity contribution in [3.63, 3.8) is 0 Å². The van der Waals surface area contributed by atoms with Crippen molar-refractivity contribution in [1.82, 2.24) is 10.3 Å². The zero-order chi connectivity index (χ0) is 21.6. The summed E-state index contributed by atoms with van der Waals surface area (Å²) < 4.78 is 0. The second-order valence-corrected chi connectivity index (χ2v) is 8.02. The maximum Gasteiger partial charge on any atom is 0.258 e. The summed E-state index contributed by atoms with van der Waals surface area (Å²) in [6.07, 6.45) is 5.38. The molecule has 1 amide bonds. The summed E-state index contributed by atoms with van der Waals surface area (Å²) in [5.41, 5.74) is 6.30. The first-order chi connectivity index (χ1) is 15.2. The van der Waals surface area contributed by atoms with Crippen molar-refractivity contribution in [1.29, 1.82) is 0 Å². The minimum absolute atomic E-state index is 0.0165. The molecule has 160 valence electrons. The van der Waals surface area contributed by atoms with E-state index in [1.54, 1.807) is 17.3 Å². The number of nitrogens with one attached hydrogen (secondary N) is 2. The second kappa shape index (κ2) is 9.94. The van der Waals surface area contributed by atoms with Gasteiger partial charge < -0.3 is 15.5 Å². The maximum absolute atomic E-state index is 13.0. The molecule has 0 saturated carbocycles. The smallest absolute Gasteiger partial charge is 0.258 e. The molecule has 5 nitrogen and oxygen atoms in total. The standard InChI is InChI=1S/C25H27ClN4O/c1-2-30(21-10-14-28-15-11-21)25(31)20-5-3-18(4-6-20)17-29-24-22-12-16-27-13-9-19(22)7-8-23(24)26/h3-8,10-11,14-15,27,29H,2,9,12-13,16-17H2,1H3. The number of carbonyl (C=O) groups excluding carboxylic acids is 1. The lowest BCUT2D eigenvalue weighted by molar-refractivity contribution is 0.0988. The Morgan fingerprint density at radius 2 is 1.81 bits per heavy atom. The highest BCUT2D eigenvalue weighted by Gasteiger charge is 2.17. The highest BCUT2D eigenvalue weighted by atomic mass is 35.5. The summed E-state index contributed by atoms with van der Waals surface area (Å²) in [6, 6.07) is 15.6. The van der Waals surface area contributed by atoms with Crippen molar-refractivity contribution in [3.8, 4) is 0 Å². The Morgan fingerprint density at radius 1 is 1.06 bits per heavy atom. The van der Waals surface area contributed by atoms with Gasteiger partial charge in [-0.05, 0) is 79.9 Å². The topological polar surface area (TPSA) is 57.3 Å². The predicted molar refractivity (Wildman–Crippen MR) is 127 cm³/mol. The van der Waals surface area contributed by atoms with E-state index in [0.717, 1.165) is 47.9 Å². The summed E-state index contributed by atoms with van der Waals surface area (Å²) >= 11 is 6.52. The second-order valence-electron chi connectivity index (χ2n) is 7.62. The van der Waals surface area contributed by atoms with Crippen LogP contribution in [0.3, 0.4) is 0 Å². The Kier molecular flexibility index (Phi) is 6.85. The minimum Gasteiger partial charge on any atom is -0.380 e. The summed E-state index contributed by atoms with van der Waals surface area (Å²) in [5.74, 6) is -0.0165. The monoisotopic (exact) mass is 434 g/mol. The molecule has 0 spiro atoms. The third-order valence-corrected chi connectivity index (χ3v) is 6.00. The van der Waals surface area contributed by atoms with Crippen LogP contribution in [-0.4, -0.2) is 30.5 Å². The number of fused-ring (bicyclic) bond motifs is 1. The molecule has 31 heavy (non-hydrogen) atoms. The molecule has 1 aliphatic heterocycles. The van der Waals surface area contributed by atoms with Gasteiger partial charge in [-0.3, -0.25) is 9.78 Å². The first-order valence-corrected chi connectivity index (χ1v) is 11.1. The zero-order valence-corrected chi connectivity index (χ0v) is 18.5. The average Bonchev–Trinajstić information content (AvgIpc) is 3.06. The molecule has 4 rings (SSSR count). The Labute approximate surface area is 188 Å². The number of nitrogens with zero attached hydrogens (tertiary/aromatic N) is 2. The molecule has 0 atom stereocenters. The van der Waals surface area contributed by atoms with Crippen LogP contribution in [0.1, 0.15) is 34.0 Å². The van der Waals surface area contributed by atoms with E-state index in [4.69, 9.17) is 11.6 Å². The molecule has 6 heteroatoms. The van der Waals surface area contributed by atoms with E-state index in [1.165, 1.54) is 11.1 Å². The lowest BCUT2D eigenvalue weighted by atomic mass is 10.0. The van der Waals surface area contributed by atoms with Crippen LogP contribution in [0.5, 0.6) is 0 Å². The van der Waals surface area contributed by atoms with Crippen LogP contribution in [-0.2, 0) is 19.4 Å². The van der Waals surface area contributed by atoms with E-state index in [0.29, 0.717) is 18.7 Å². The third kappa shape index (κ3) is 4.89. The van der Waals surface area contributed by atoms with E-state index in [2.05, 4.69) is 21.7 Å². The van der Waals surface area contributed by atoms with Gasteiger partial charge in [0.25, 0.3) is 5.91 Å². The van der Waals surface area contributed by atoms with Crippen LogP contribution in [0.15, 0.2) is 60.9 Å². The molecule has 0 radical (unpaired) electrons. The maximum atomic E-state index is 13.0. The Hall–Kier alpha value is -2.89. The Morgan fingerprint density at radius 3 is 2.55 bits per heavy atom. The number of anilines is 2. The molecule has 0 aliphatic carbocycles. The van der Waals surface area contributed by atoms with Gasteiger partial charge in [0, 0.05) is 36.7 Å². The van der Waals surface area contributed by atoms with Crippen molar-refractivity contribution in [2.45, 2.75) is 26.3 Å². The number of aromatic nitrogens is 1. The Balaban J connectivity index is 1.47. The summed E-state index contributed by atoms with van der Waals surface area (Å²) in [7, 11) is 0. The van der Waals surface area contributed by atoms with Gasteiger partial charge in [0.2, 0.25) is 0 Å². The molecule has 2 N–H and O–H groups in total. The van der Waals surface area contributed by atoms with Gasteiger partial charge in [0.05, 0.1) is 10.7 Å². The van der Waals surface area contributed by atoms with Gasteiger partial charge in [-0.2, -0.15) is 0 Å². The van der Waals surface area contributed by atoms with Crippen molar-refractivity contribution in [2.24, 2.45) is 0 Å². The van der Waals surface area contributed by atoms with Crippen LogP contribution in [0.2, 0.25) is 5.02 Å². The third-order valence-electron chi connectivity index (χ3n) is 5.69. The summed E-state index contributed by atoms with van der Waals surface area (Å²) in [5, 5.41) is 7.73. The van der Waals surface area contributed by atoms with Crippen LogP contribution in [0.25, 0.3) is 0 Å². The molecule has 2 aromatic carbocycles. The van der Waals surface area contributed by atoms with E-state index < -0.39 is 0 Å². The number of hydrogen-bond acceptors (Lipinski definition) is 4. The molecule has 3 aromatic rings. The van der Waals surface area contributed by atoms with E-state index in [-0.39, 0.29) is 5.91 Å². The van der Waals surface area contributed by atoms with Gasteiger partial charge in [-0.25, -0.2) is 0 Å². The average molecular weight is 435 g/mol. The summed E-state index contributed by atoms with van der Waals surface area (Å²) in [4.78, 5) is 18.8. The zero-order valence-electron chi connectivity index (χ0n) is 17.7. The molecular weight excluding hydrogens is 408 g/mol. The molecule has 2 heterocycles. The molecule has 1 aliphatic rings. The van der Waals surface area contributed by atoms with Gasteiger partial charge in [-0.15, -0.1) is 0 Å². The fourth-order valence-electron chi connectivity index (χ4n) is 4.01. The largest absolute Gasteiger partial charge is 0.380 e. The molecule has 0 unspecified atom stereocenters. The van der Waals surface area contributed by atoms with Crippen molar-refractivity contribution in [2.75, 3.05) is 29.9 Å². The molecule has 1 aromatic heterocycles. The molecular formula is C25H27ClN4O. The first kappa shape index (κ1) is 21.3. The lowest BCUT2D eigenvalue weighted by Crippen LogP contribution is -2.30. The number of hydrogen-bond donors (Lipinski definition) is 2. The Bertz CT molecular complexity index is 1040. The van der Waals surface area contributed by atoms with E-state index >= 15 is 0 Å². The first-order valence-electron chi connectivity index (χ1n) is 10.7.